The van der Waals surface area contributed by atoms with Crippen molar-refractivity contribution in [1.82, 2.24) is 5.32 Å². The van der Waals surface area contributed by atoms with E-state index in [0.717, 1.165) is 13.0 Å². The Morgan fingerprint density at radius 1 is 1.29 bits per heavy atom. The lowest BCUT2D eigenvalue weighted by molar-refractivity contribution is -0.144. The summed E-state index contributed by atoms with van der Waals surface area (Å²) in [5, 5.41) is 3.19. The lowest BCUT2D eigenvalue weighted by atomic mass is 10.3. The maximum atomic E-state index is 11.2. The second kappa shape index (κ2) is 13.2. The molecule has 0 atom stereocenters. The summed E-state index contributed by atoms with van der Waals surface area (Å²) in [6.45, 7) is 7.12. The van der Waals surface area contributed by atoms with Gasteiger partial charge in [0.05, 0.1) is 19.6 Å². The molecule has 0 amide bonds. The molecule has 0 rings (SSSR count). The van der Waals surface area contributed by atoms with E-state index in [1.807, 2.05) is 19.1 Å². The Kier molecular flexibility index (Phi) is 12.5. The fourth-order valence-corrected chi connectivity index (χ4v) is 1.15. The summed E-state index contributed by atoms with van der Waals surface area (Å²) >= 11 is 0. The lowest BCUT2D eigenvalue weighted by Crippen LogP contribution is -2.21. The Bertz CT molecular complexity index is 205. The monoisotopic (exact) mass is 243 g/mol. The zero-order chi connectivity index (χ0) is 12.8. The van der Waals surface area contributed by atoms with Crippen LogP contribution in [0.1, 0.15) is 33.1 Å². The van der Waals surface area contributed by atoms with Crippen molar-refractivity contribution in [3.8, 4) is 0 Å². The number of unbranched alkanes of at least 4 members (excludes halogenated alkanes) is 1. The molecule has 1 N–H and O–H groups in total. The van der Waals surface area contributed by atoms with Gasteiger partial charge in [0.2, 0.25) is 0 Å². The fourth-order valence-electron chi connectivity index (χ4n) is 1.15. The first-order valence-electron chi connectivity index (χ1n) is 6.36. The van der Waals surface area contributed by atoms with E-state index in [1.54, 1.807) is 0 Å². The smallest absolute Gasteiger partial charge is 0.307 e. The number of allylic oxidation sites excluding steroid dienone is 1. The maximum Gasteiger partial charge on any atom is 0.307 e. The Morgan fingerprint density at radius 2 is 2.12 bits per heavy atom. The molecule has 0 aliphatic carbocycles. The highest BCUT2D eigenvalue weighted by Crippen LogP contribution is 1.88. The number of rotatable bonds is 11. The number of esters is 1. The van der Waals surface area contributed by atoms with Crippen LogP contribution in [0, 0.1) is 0 Å². The van der Waals surface area contributed by atoms with E-state index < -0.39 is 0 Å². The molecule has 0 saturated heterocycles. The average Bonchev–Trinajstić information content (AvgIpc) is 2.33. The molecule has 0 saturated carbocycles. The Balaban J connectivity index is 3.17. The zero-order valence-electron chi connectivity index (χ0n) is 11.0. The molecule has 0 aromatic heterocycles. The summed E-state index contributed by atoms with van der Waals surface area (Å²) in [5.74, 6) is -0.163. The van der Waals surface area contributed by atoms with E-state index in [0.29, 0.717) is 32.8 Å². The summed E-state index contributed by atoms with van der Waals surface area (Å²) in [6.07, 6.45) is 6.58. The van der Waals surface area contributed by atoms with Crippen LogP contribution in [0.2, 0.25) is 0 Å². The third-order valence-corrected chi connectivity index (χ3v) is 2.15. The molecule has 0 aromatic carbocycles. The third-order valence-electron chi connectivity index (χ3n) is 2.15. The highest BCUT2D eigenvalue weighted by molar-refractivity contribution is 5.69. The molecule has 0 fully saturated rings. The van der Waals surface area contributed by atoms with Crippen molar-refractivity contribution < 1.29 is 14.3 Å². The molecule has 0 aliphatic rings. The zero-order valence-corrected chi connectivity index (χ0v) is 11.0. The van der Waals surface area contributed by atoms with Crippen LogP contribution in [0.15, 0.2) is 12.2 Å². The standard InChI is InChI=1S/C13H25NO3/c1-3-5-8-14-9-7-13(15)17-12-11-16-10-6-4-2/h4,6,14H,3,5,7-12H2,1-2H3/b6-4+. The Labute approximate surface area is 104 Å². The fraction of sp³-hybridized carbons (Fsp3) is 0.769. The second-order valence-corrected chi connectivity index (χ2v) is 3.72. The maximum absolute atomic E-state index is 11.2. The van der Waals surface area contributed by atoms with Crippen molar-refractivity contribution in [1.29, 1.82) is 0 Å². The number of carbonyl (C=O) groups excluding carboxylic acids is 1. The van der Waals surface area contributed by atoms with Crippen LogP contribution in [-0.2, 0) is 14.3 Å². The molecule has 0 aliphatic heterocycles. The van der Waals surface area contributed by atoms with Gasteiger partial charge in [0.1, 0.15) is 6.61 Å². The average molecular weight is 243 g/mol. The van der Waals surface area contributed by atoms with E-state index in [2.05, 4.69) is 12.2 Å². The summed E-state index contributed by atoms with van der Waals surface area (Å²) in [4.78, 5) is 11.2. The van der Waals surface area contributed by atoms with Crippen molar-refractivity contribution in [3.05, 3.63) is 12.2 Å². The lowest BCUT2D eigenvalue weighted by Gasteiger charge is -2.05. The molecule has 0 heterocycles. The van der Waals surface area contributed by atoms with Crippen molar-refractivity contribution in [2.24, 2.45) is 0 Å². The summed E-state index contributed by atoms with van der Waals surface area (Å²) in [5.41, 5.74) is 0. The molecule has 100 valence electrons. The van der Waals surface area contributed by atoms with Gasteiger partial charge in [-0.3, -0.25) is 4.79 Å². The van der Waals surface area contributed by atoms with Gasteiger partial charge in [0, 0.05) is 6.54 Å². The molecular weight excluding hydrogens is 218 g/mol. The highest BCUT2D eigenvalue weighted by atomic mass is 16.6. The number of nitrogens with one attached hydrogen (secondary N) is 1. The van der Waals surface area contributed by atoms with E-state index in [9.17, 15) is 4.79 Å². The number of ether oxygens (including phenoxy) is 2. The van der Waals surface area contributed by atoms with Crippen LogP contribution < -0.4 is 5.32 Å². The van der Waals surface area contributed by atoms with Gasteiger partial charge in [-0.15, -0.1) is 0 Å². The predicted molar refractivity (Wildman–Crippen MR) is 69.0 cm³/mol. The van der Waals surface area contributed by atoms with Gasteiger partial charge in [-0.25, -0.2) is 0 Å². The van der Waals surface area contributed by atoms with Crippen molar-refractivity contribution >= 4 is 5.97 Å². The molecule has 4 heteroatoms. The first kappa shape index (κ1) is 16.1. The summed E-state index contributed by atoms with van der Waals surface area (Å²) < 4.78 is 10.2. The van der Waals surface area contributed by atoms with Crippen LogP contribution in [-0.4, -0.2) is 38.9 Å². The van der Waals surface area contributed by atoms with Crippen LogP contribution in [0.3, 0.4) is 0 Å². The van der Waals surface area contributed by atoms with E-state index >= 15 is 0 Å². The second-order valence-electron chi connectivity index (χ2n) is 3.72. The molecule has 0 aromatic rings. The first-order chi connectivity index (χ1) is 8.31. The number of carbonyl (C=O) groups is 1. The number of hydrogen-bond acceptors (Lipinski definition) is 4. The van der Waals surface area contributed by atoms with Crippen LogP contribution in [0.5, 0.6) is 0 Å². The van der Waals surface area contributed by atoms with Crippen molar-refractivity contribution in [3.63, 3.8) is 0 Å². The minimum atomic E-state index is -0.163. The van der Waals surface area contributed by atoms with E-state index in [4.69, 9.17) is 9.47 Å². The normalized spacial score (nSPS) is 10.9. The van der Waals surface area contributed by atoms with Crippen LogP contribution in [0.4, 0.5) is 0 Å². The SMILES string of the molecule is C/C=C/COCCOC(=O)CCNCCCC. The molecule has 0 radical (unpaired) electrons. The van der Waals surface area contributed by atoms with Gasteiger partial charge in [0.15, 0.2) is 0 Å². The van der Waals surface area contributed by atoms with E-state index in [-0.39, 0.29) is 5.97 Å². The summed E-state index contributed by atoms with van der Waals surface area (Å²) in [7, 11) is 0. The van der Waals surface area contributed by atoms with Gasteiger partial charge in [-0.05, 0) is 19.9 Å². The minimum Gasteiger partial charge on any atom is -0.463 e. The first-order valence-corrected chi connectivity index (χ1v) is 6.36. The Morgan fingerprint density at radius 3 is 2.82 bits per heavy atom. The van der Waals surface area contributed by atoms with Crippen LogP contribution >= 0.6 is 0 Å². The van der Waals surface area contributed by atoms with Crippen molar-refractivity contribution in [2.45, 2.75) is 33.1 Å². The third kappa shape index (κ3) is 13.1. The molecule has 0 spiro atoms. The molecule has 0 unspecified atom stereocenters. The quantitative estimate of drug-likeness (QED) is 0.342. The minimum absolute atomic E-state index is 0.163. The van der Waals surface area contributed by atoms with Crippen molar-refractivity contribution in [2.75, 3.05) is 32.9 Å². The van der Waals surface area contributed by atoms with Gasteiger partial charge in [-0.1, -0.05) is 25.5 Å². The number of hydrogen-bond donors (Lipinski definition) is 1. The topological polar surface area (TPSA) is 47.6 Å². The molecule has 0 bridgehead atoms. The van der Waals surface area contributed by atoms with E-state index in [1.165, 1.54) is 6.42 Å². The molecular formula is C13H25NO3. The summed E-state index contributed by atoms with van der Waals surface area (Å²) in [6, 6.07) is 0. The van der Waals surface area contributed by atoms with Gasteiger partial charge >= 0.3 is 5.97 Å². The van der Waals surface area contributed by atoms with Gasteiger partial charge in [-0.2, -0.15) is 0 Å². The predicted octanol–water partition coefficient (Wildman–Crippen LogP) is 1.90. The Hall–Kier alpha value is -0.870. The molecule has 17 heavy (non-hydrogen) atoms. The van der Waals surface area contributed by atoms with Crippen LogP contribution in [0.25, 0.3) is 0 Å². The largest absolute Gasteiger partial charge is 0.463 e. The van der Waals surface area contributed by atoms with Gasteiger partial charge in [0.25, 0.3) is 0 Å². The highest BCUT2D eigenvalue weighted by Gasteiger charge is 2.01. The van der Waals surface area contributed by atoms with Gasteiger partial charge < -0.3 is 14.8 Å². The molecule has 4 nitrogen and oxygen atoms in total.